The Bertz CT molecular complexity index is 438. The van der Waals surface area contributed by atoms with E-state index in [-0.39, 0.29) is 0 Å². The van der Waals surface area contributed by atoms with Crippen LogP contribution in [0.4, 0.5) is 0 Å². The van der Waals surface area contributed by atoms with Crippen molar-refractivity contribution in [3.63, 3.8) is 0 Å². The fourth-order valence-corrected chi connectivity index (χ4v) is 2.15. The number of benzene rings is 1. The minimum absolute atomic E-state index is 0.396. The molecular weight excluding hydrogens is 210 g/mol. The van der Waals surface area contributed by atoms with Crippen molar-refractivity contribution < 1.29 is 8.42 Å². The molecule has 0 aliphatic heterocycles. The van der Waals surface area contributed by atoms with Crippen molar-refractivity contribution in [3.05, 3.63) is 29.3 Å². The number of hydrogen-bond acceptors (Lipinski definition) is 3. The highest BCUT2D eigenvalue weighted by Crippen LogP contribution is 2.15. The van der Waals surface area contributed by atoms with Gasteiger partial charge in [0.25, 0.3) is 0 Å². The van der Waals surface area contributed by atoms with E-state index in [1.54, 1.807) is 12.1 Å². The zero-order chi connectivity index (χ0) is 11.5. The van der Waals surface area contributed by atoms with Gasteiger partial charge in [0.2, 0.25) is 0 Å². The van der Waals surface area contributed by atoms with Gasteiger partial charge in [-0.3, -0.25) is 0 Å². The maximum atomic E-state index is 11.3. The molecule has 0 saturated carbocycles. The summed E-state index contributed by atoms with van der Waals surface area (Å²) in [6.07, 6.45) is 2.15. The van der Waals surface area contributed by atoms with Crippen LogP contribution in [0.2, 0.25) is 0 Å². The molecule has 1 aromatic carbocycles. The lowest BCUT2D eigenvalue weighted by atomic mass is 10.1. The number of likely N-dealkylation sites (N-methyl/N-ethyl adjacent to an activating group) is 1. The topological polar surface area (TPSA) is 46.2 Å². The lowest BCUT2D eigenvalue weighted by molar-refractivity contribution is 0.601. The van der Waals surface area contributed by atoms with Crippen molar-refractivity contribution in [1.29, 1.82) is 0 Å². The molecule has 15 heavy (non-hydrogen) atoms. The zero-order valence-corrected chi connectivity index (χ0v) is 10.2. The van der Waals surface area contributed by atoms with E-state index in [1.165, 1.54) is 11.8 Å². The third-order valence-electron chi connectivity index (χ3n) is 2.39. The first-order chi connectivity index (χ1) is 6.95. The number of hydrogen-bond donors (Lipinski definition) is 1. The lowest BCUT2D eigenvalue weighted by Gasteiger charge is -2.07. The van der Waals surface area contributed by atoms with Gasteiger partial charge >= 0.3 is 0 Å². The SMILES string of the molecule is CNCCc1ccc(S(C)(=O)=O)cc1C. The zero-order valence-electron chi connectivity index (χ0n) is 9.37. The molecule has 1 N–H and O–H groups in total. The second-order valence-corrected chi connectivity index (χ2v) is 5.73. The molecule has 0 fully saturated rings. The van der Waals surface area contributed by atoms with Crippen molar-refractivity contribution in [2.45, 2.75) is 18.2 Å². The minimum Gasteiger partial charge on any atom is -0.319 e. The first-order valence-corrected chi connectivity index (χ1v) is 6.78. The van der Waals surface area contributed by atoms with E-state index in [4.69, 9.17) is 0 Å². The van der Waals surface area contributed by atoms with Crippen LogP contribution in [0.1, 0.15) is 11.1 Å². The fraction of sp³-hybridized carbons (Fsp3) is 0.455. The largest absolute Gasteiger partial charge is 0.319 e. The van der Waals surface area contributed by atoms with E-state index >= 15 is 0 Å². The van der Waals surface area contributed by atoms with E-state index in [1.807, 2.05) is 20.0 Å². The predicted octanol–water partition coefficient (Wildman–Crippen LogP) is 1.16. The second kappa shape index (κ2) is 4.77. The van der Waals surface area contributed by atoms with Crippen LogP contribution in [-0.4, -0.2) is 28.3 Å². The van der Waals surface area contributed by atoms with E-state index in [2.05, 4.69) is 5.32 Å². The average molecular weight is 227 g/mol. The summed E-state index contributed by atoms with van der Waals surface area (Å²) in [6, 6.07) is 5.30. The predicted molar refractivity (Wildman–Crippen MR) is 61.9 cm³/mol. The molecule has 0 radical (unpaired) electrons. The number of nitrogens with one attached hydrogen (secondary N) is 1. The quantitative estimate of drug-likeness (QED) is 0.839. The van der Waals surface area contributed by atoms with E-state index in [9.17, 15) is 8.42 Å². The molecule has 0 unspecified atom stereocenters. The van der Waals surface area contributed by atoms with Crippen molar-refractivity contribution in [1.82, 2.24) is 5.32 Å². The van der Waals surface area contributed by atoms with Crippen LogP contribution in [0.15, 0.2) is 23.1 Å². The van der Waals surface area contributed by atoms with E-state index in [0.29, 0.717) is 4.90 Å². The fourth-order valence-electron chi connectivity index (χ4n) is 1.44. The molecular formula is C11H17NO2S. The van der Waals surface area contributed by atoms with Gasteiger partial charge in [0, 0.05) is 6.26 Å². The van der Waals surface area contributed by atoms with E-state index < -0.39 is 9.84 Å². The lowest BCUT2D eigenvalue weighted by Crippen LogP contribution is -2.11. The number of rotatable bonds is 4. The smallest absolute Gasteiger partial charge is 0.175 e. The van der Waals surface area contributed by atoms with Gasteiger partial charge in [0.05, 0.1) is 4.90 Å². The summed E-state index contributed by atoms with van der Waals surface area (Å²) in [5.74, 6) is 0. The maximum absolute atomic E-state index is 11.3. The van der Waals surface area contributed by atoms with Gasteiger partial charge in [0.15, 0.2) is 9.84 Å². The van der Waals surface area contributed by atoms with Crippen LogP contribution >= 0.6 is 0 Å². The van der Waals surface area contributed by atoms with Crippen molar-refractivity contribution in [2.24, 2.45) is 0 Å². The van der Waals surface area contributed by atoms with Crippen LogP contribution < -0.4 is 5.32 Å². The molecule has 0 aromatic heterocycles. The van der Waals surface area contributed by atoms with Crippen molar-refractivity contribution in [3.8, 4) is 0 Å². The normalized spacial score (nSPS) is 11.7. The summed E-state index contributed by atoms with van der Waals surface area (Å²) < 4.78 is 22.6. The van der Waals surface area contributed by atoms with Crippen molar-refractivity contribution in [2.75, 3.05) is 19.8 Å². The summed E-state index contributed by atoms with van der Waals surface area (Å²) >= 11 is 0. The van der Waals surface area contributed by atoms with Crippen LogP contribution in [0.25, 0.3) is 0 Å². The highest BCUT2D eigenvalue weighted by atomic mass is 32.2. The molecule has 3 nitrogen and oxygen atoms in total. The molecule has 0 aliphatic rings. The highest BCUT2D eigenvalue weighted by molar-refractivity contribution is 7.90. The minimum atomic E-state index is -3.08. The molecule has 0 amide bonds. The summed E-state index contributed by atoms with van der Waals surface area (Å²) in [7, 11) is -1.18. The number of aryl methyl sites for hydroxylation is 1. The van der Waals surface area contributed by atoms with Gasteiger partial charge < -0.3 is 5.32 Å². The maximum Gasteiger partial charge on any atom is 0.175 e. The van der Waals surface area contributed by atoms with Crippen LogP contribution in [0.5, 0.6) is 0 Å². The van der Waals surface area contributed by atoms with Crippen molar-refractivity contribution >= 4 is 9.84 Å². The first kappa shape index (κ1) is 12.2. The van der Waals surface area contributed by atoms with Crippen LogP contribution in [0.3, 0.4) is 0 Å². The van der Waals surface area contributed by atoms with Gasteiger partial charge in [0.1, 0.15) is 0 Å². The van der Waals surface area contributed by atoms with Gasteiger partial charge in [-0.1, -0.05) is 6.07 Å². The molecule has 1 aromatic rings. The van der Waals surface area contributed by atoms with Gasteiger partial charge in [-0.25, -0.2) is 8.42 Å². The molecule has 0 saturated heterocycles. The average Bonchev–Trinajstić information content (AvgIpc) is 2.14. The van der Waals surface area contributed by atoms with Crippen LogP contribution in [0, 0.1) is 6.92 Å². The molecule has 4 heteroatoms. The Balaban J connectivity index is 2.99. The molecule has 0 bridgehead atoms. The van der Waals surface area contributed by atoms with Gasteiger partial charge in [-0.15, -0.1) is 0 Å². The molecule has 84 valence electrons. The first-order valence-electron chi connectivity index (χ1n) is 4.89. The van der Waals surface area contributed by atoms with E-state index in [0.717, 1.165) is 18.5 Å². The third-order valence-corrected chi connectivity index (χ3v) is 3.50. The Morgan fingerprint density at radius 1 is 1.33 bits per heavy atom. The van der Waals surface area contributed by atoms with Gasteiger partial charge in [-0.2, -0.15) is 0 Å². The molecule has 0 heterocycles. The highest BCUT2D eigenvalue weighted by Gasteiger charge is 2.08. The third kappa shape index (κ3) is 3.32. The summed E-state index contributed by atoms with van der Waals surface area (Å²) in [4.78, 5) is 0.396. The monoisotopic (exact) mass is 227 g/mol. The Kier molecular flexibility index (Phi) is 3.88. The van der Waals surface area contributed by atoms with Crippen LogP contribution in [-0.2, 0) is 16.3 Å². The summed E-state index contributed by atoms with van der Waals surface area (Å²) in [5, 5.41) is 3.07. The molecule has 0 aliphatic carbocycles. The summed E-state index contributed by atoms with van der Waals surface area (Å²) in [6.45, 7) is 2.85. The molecule has 0 atom stereocenters. The second-order valence-electron chi connectivity index (χ2n) is 3.71. The Hall–Kier alpha value is -0.870. The Morgan fingerprint density at radius 2 is 2.00 bits per heavy atom. The molecule has 1 rings (SSSR count). The van der Waals surface area contributed by atoms with Gasteiger partial charge in [-0.05, 0) is 50.2 Å². The Morgan fingerprint density at radius 3 is 2.47 bits per heavy atom. The molecule has 0 spiro atoms. The number of sulfone groups is 1. The summed E-state index contributed by atoms with van der Waals surface area (Å²) in [5.41, 5.74) is 2.23. The Labute approximate surface area is 91.4 Å². The standard InChI is InChI=1S/C11H17NO2S/c1-9-8-11(15(3,13)14)5-4-10(9)6-7-12-2/h4-5,8,12H,6-7H2,1-3H3.